The largest absolute Gasteiger partial charge is 0.496 e. The van der Waals surface area contributed by atoms with E-state index in [1.54, 1.807) is 19.2 Å². The van der Waals surface area contributed by atoms with Crippen LogP contribution in [-0.4, -0.2) is 41.1 Å². The molecule has 0 fully saturated rings. The smallest absolute Gasteiger partial charge is 0.251 e. The minimum absolute atomic E-state index is 0.102. The second kappa shape index (κ2) is 9.73. The maximum atomic E-state index is 13.1. The van der Waals surface area contributed by atoms with E-state index in [9.17, 15) is 9.59 Å². The summed E-state index contributed by atoms with van der Waals surface area (Å²) in [5, 5.41) is 5.84. The number of imidazole rings is 1. The third-order valence-electron chi connectivity index (χ3n) is 6.38. The van der Waals surface area contributed by atoms with Crippen molar-refractivity contribution in [3.8, 4) is 22.9 Å². The van der Waals surface area contributed by atoms with Crippen LogP contribution in [-0.2, 0) is 18.3 Å². The van der Waals surface area contributed by atoms with Crippen molar-refractivity contribution in [2.75, 3.05) is 19.0 Å². The van der Waals surface area contributed by atoms with E-state index in [2.05, 4.69) is 16.7 Å². The van der Waals surface area contributed by atoms with Crippen molar-refractivity contribution in [1.82, 2.24) is 14.9 Å². The average Bonchev–Trinajstić information content (AvgIpc) is 3.23. The normalized spacial score (nSPS) is 14.6. The number of aromatic nitrogens is 2. The summed E-state index contributed by atoms with van der Waals surface area (Å²) in [5.41, 5.74) is 4.24. The highest BCUT2D eigenvalue weighted by Crippen LogP contribution is 2.34. The number of carbonyl (C=O) groups is 2. The monoisotopic (exact) mass is 484 g/mol. The zero-order valence-electron chi connectivity index (χ0n) is 20.5. The number of para-hydroxylation sites is 2. The summed E-state index contributed by atoms with van der Waals surface area (Å²) in [4.78, 5) is 29.9. The summed E-state index contributed by atoms with van der Waals surface area (Å²) in [6.45, 7) is 1.82. The molecule has 5 rings (SSSR count). The Hall–Kier alpha value is -4.33. The van der Waals surface area contributed by atoms with Gasteiger partial charge in [0.1, 0.15) is 23.4 Å². The van der Waals surface area contributed by atoms with E-state index < -0.39 is 0 Å². The van der Waals surface area contributed by atoms with Gasteiger partial charge in [-0.25, -0.2) is 4.98 Å². The highest BCUT2D eigenvalue weighted by atomic mass is 16.5. The quantitative estimate of drug-likeness (QED) is 0.425. The van der Waals surface area contributed by atoms with Gasteiger partial charge in [-0.3, -0.25) is 9.59 Å². The van der Waals surface area contributed by atoms with E-state index in [-0.39, 0.29) is 17.9 Å². The lowest BCUT2D eigenvalue weighted by Crippen LogP contribution is -2.37. The third kappa shape index (κ3) is 4.49. The van der Waals surface area contributed by atoms with Crippen LogP contribution in [0.4, 0.5) is 5.69 Å². The number of nitrogens with zero attached hydrogens (tertiary/aromatic N) is 2. The lowest BCUT2D eigenvalue weighted by atomic mass is 10.0. The number of fused-ring (bicyclic) bond motifs is 2. The van der Waals surface area contributed by atoms with Crippen molar-refractivity contribution >= 4 is 28.5 Å². The van der Waals surface area contributed by atoms with E-state index in [4.69, 9.17) is 14.5 Å². The Bertz CT molecular complexity index is 1460. The molecule has 0 spiro atoms. The molecule has 0 unspecified atom stereocenters. The van der Waals surface area contributed by atoms with Crippen LogP contribution in [0.3, 0.4) is 0 Å². The molecule has 0 radical (unpaired) electrons. The molecule has 0 saturated carbocycles. The van der Waals surface area contributed by atoms with E-state index in [0.29, 0.717) is 34.9 Å². The number of anilines is 1. The van der Waals surface area contributed by atoms with Gasteiger partial charge in [-0.2, -0.15) is 0 Å². The molecule has 36 heavy (non-hydrogen) atoms. The fourth-order valence-corrected chi connectivity index (χ4v) is 4.67. The van der Waals surface area contributed by atoms with E-state index >= 15 is 0 Å². The second-order valence-electron chi connectivity index (χ2n) is 8.86. The highest BCUT2D eigenvalue weighted by Gasteiger charge is 2.22. The van der Waals surface area contributed by atoms with E-state index in [1.807, 2.05) is 54.1 Å². The Labute approximate surface area is 209 Å². The first-order valence-electron chi connectivity index (χ1n) is 11.9. The first kappa shape index (κ1) is 23.4. The maximum Gasteiger partial charge on any atom is 0.251 e. The van der Waals surface area contributed by atoms with Crippen LogP contribution in [0.15, 0.2) is 60.7 Å². The Morgan fingerprint density at radius 3 is 2.72 bits per heavy atom. The van der Waals surface area contributed by atoms with Crippen molar-refractivity contribution in [3.05, 3.63) is 71.8 Å². The van der Waals surface area contributed by atoms with Gasteiger partial charge in [0.25, 0.3) is 5.91 Å². The SMILES string of the molecule is COc1ccccc1-c1nc2cc(C(=O)NC[C@H]3CCc4ccccc4O3)cc(NC(C)=O)c2n1C. The van der Waals surface area contributed by atoms with Gasteiger partial charge < -0.3 is 24.7 Å². The Morgan fingerprint density at radius 2 is 1.92 bits per heavy atom. The molecule has 8 nitrogen and oxygen atoms in total. The molecule has 1 aliphatic heterocycles. The van der Waals surface area contributed by atoms with Crippen LogP contribution in [0.2, 0.25) is 0 Å². The number of methoxy groups -OCH3 is 1. The number of hydrogen-bond acceptors (Lipinski definition) is 5. The molecule has 1 aliphatic rings. The van der Waals surface area contributed by atoms with Gasteiger partial charge in [-0.1, -0.05) is 30.3 Å². The first-order chi connectivity index (χ1) is 17.4. The van der Waals surface area contributed by atoms with Gasteiger partial charge in [0.2, 0.25) is 5.91 Å². The molecule has 0 saturated heterocycles. The zero-order valence-corrected chi connectivity index (χ0v) is 20.5. The summed E-state index contributed by atoms with van der Waals surface area (Å²) in [7, 11) is 3.49. The summed E-state index contributed by atoms with van der Waals surface area (Å²) in [5.74, 6) is 1.73. The number of aryl methyl sites for hydroxylation is 2. The van der Waals surface area contributed by atoms with Crippen LogP contribution in [0.5, 0.6) is 11.5 Å². The van der Waals surface area contributed by atoms with Crippen molar-refractivity contribution in [2.45, 2.75) is 25.9 Å². The Morgan fingerprint density at radius 1 is 1.14 bits per heavy atom. The summed E-state index contributed by atoms with van der Waals surface area (Å²) >= 11 is 0. The number of amides is 2. The minimum atomic E-state index is -0.254. The van der Waals surface area contributed by atoms with Crippen molar-refractivity contribution in [2.24, 2.45) is 7.05 Å². The van der Waals surface area contributed by atoms with Gasteiger partial charge in [-0.05, 0) is 48.7 Å². The number of ether oxygens (including phenoxy) is 2. The van der Waals surface area contributed by atoms with Crippen molar-refractivity contribution in [1.29, 1.82) is 0 Å². The number of carbonyl (C=O) groups excluding carboxylic acids is 2. The summed E-state index contributed by atoms with van der Waals surface area (Å²) in [6, 6.07) is 19.0. The standard InChI is InChI=1S/C28H28N4O4/c1-17(33)30-22-14-19(28(34)29-16-20-13-12-18-8-4-6-10-24(18)36-20)15-23-26(22)32(2)27(31-23)21-9-5-7-11-25(21)35-3/h4-11,14-15,20H,12-13,16H2,1-3H3,(H,29,34)(H,30,33)/t20-/m1/s1. The summed E-state index contributed by atoms with van der Waals surface area (Å²) < 4.78 is 13.5. The molecule has 4 aromatic rings. The molecule has 1 aromatic heterocycles. The molecule has 2 heterocycles. The first-order valence-corrected chi connectivity index (χ1v) is 11.9. The molecule has 3 aromatic carbocycles. The van der Waals surface area contributed by atoms with Crippen LogP contribution >= 0.6 is 0 Å². The van der Waals surface area contributed by atoms with Crippen LogP contribution in [0, 0.1) is 0 Å². The maximum absolute atomic E-state index is 13.1. The average molecular weight is 485 g/mol. The molecule has 8 heteroatoms. The number of hydrogen-bond donors (Lipinski definition) is 2. The van der Waals surface area contributed by atoms with Crippen molar-refractivity contribution in [3.63, 3.8) is 0 Å². The molecule has 1 atom stereocenters. The molecular formula is C28H28N4O4. The van der Waals surface area contributed by atoms with Crippen LogP contribution < -0.4 is 20.1 Å². The van der Waals surface area contributed by atoms with Gasteiger partial charge in [0.05, 0.1) is 35.9 Å². The van der Waals surface area contributed by atoms with Gasteiger partial charge in [0.15, 0.2) is 0 Å². The minimum Gasteiger partial charge on any atom is -0.496 e. The van der Waals surface area contributed by atoms with Gasteiger partial charge >= 0.3 is 0 Å². The molecule has 0 bridgehead atoms. The number of rotatable bonds is 6. The number of nitrogens with one attached hydrogen (secondary N) is 2. The lowest BCUT2D eigenvalue weighted by molar-refractivity contribution is -0.114. The zero-order chi connectivity index (χ0) is 25.2. The molecule has 0 aliphatic carbocycles. The molecule has 184 valence electrons. The van der Waals surface area contributed by atoms with E-state index in [0.717, 1.165) is 29.7 Å². The lowest BCUT2D eigenvalue weighted by Gasteiger charge is -2.26. The van der Waals surface area contributed by atoms with Gasteiger partial charge in [0, 0.05) is 19.5 Å². The predicted molar refractivity (Wildman–Crippen MR) is 139 cm³/mol. The Balaban J connectivity index is 1.44. The van der Waals surface area contributed by atoms with Crippen LogP contribution in [0.25, 0.3) is 22.4 Å². The second-order valence-corrected chi connectivity index (χ2v) is 8.86. The topological polar surface area (TPSA) is 94.5 Å². The molecule has 2 amide bonds. The van der Waals surface area contributed by atoms with E-state index in [1.165, 1.54) is 12.5 Å². The summed E-state index contributed by atoms with van der Waals surface area (Å²) in [6.07, 6.45) is 1.64. The highest BCUT2D eigenvalue weighted by molar-refractivity contribution is 6.05. The van der Waals surface area contributed by atoms with Crippen LogP contribution in [0.1, 0.15) is 29.3 Å². The predicted octanol–water partition coefficient (Wildman–Crippen LogP) is 4.33. The molecular weight excluding hydrogens is 456 g/mol. The molecule has 2 N–H and O–H groups in total. The third-order valence-corrected chi connectivity index (χ3v) is 6.38. The fraction of sp³-hybridized carbons (Fsp3) is 0.250. The Kier molecular flexibility index (Phi) is 6.33. The number of benzene rings is 3. The van der Waals surface area contributed by atoms with Gasteiger partial charge in [-0.15, -0.1) is 0 Å². The van der Waals surface area contributed by atoms with Crippen molar-refractivity contribution < 1.29 is 19.1 Å². The fourth-order valence-electron chi connectivity index (χ4n) is 4.67.